The Morgan fingerprint density at radius 1 is 0.900 bits per heavy atom. The van der Waals surface area contributed by atoms with Crippen molar-refractivity contribution in [1.82, 2.24) is 9.21 Å². The summed E-state index contributed by atoms with van der Waals surface area (Å²) in [6.07, 6.45) is 0. The normalized spacial score (nSPS) is 18.4. The average Bonchev–Trinajstić information content (AvgIpc) is 2.80. The molecule has 0 radical (unpaired) electrons. The lowest BCUT2D eigenvalue weighted by atomic mass is 10.1. The zero-order chi connectivity index (χ0) is 21.1. The molecular weight excluding hydrogens is 426 g/mol. The molecule has 2 aliphatic heterocycles. The van der Waals surface area contributed by atoms with Crippen molar-refractivity contribution in [3.8, 4) is 0 Å². The van der Waals surface area contributed by atoms with E-state index in [-0.39, 0.29) is 10.8 Å². The molecule has 2 aromatic carbocycles. The molecule has 0 spiro atoms. The minimum atomic E-state index is -3.63. The van der Waals surface area contributed by atoms with Gasteiger partial charge in [-0.15, -0.1) is 0 Å². The largest absolute Gasteiger partial charge is 0.379 e. The first-order valence-electron chi connectivity index (χ1n) is 9.93. The van der Waals surface area contributed by atoms with Gasteiger partial charge in [-0.25, -0.2) is 8.42 Å². The van der Waals surface area contributed by atoms with E-state index < -0.39 is 10.0 Å². The topological polar surface area (TPSA) is 70.2 Å². The Morgan fingerprint density at radius 2 is 1.57 bits per heavy atom. The summed E-state index contributed by atoms with van der Waals surface area (Å²) in [6.45, 7) is 3.98. The van der Waals surface area contributed by atoms with Crippen LogP contribution in [0.4, 0.5) is 5.69 Å². The summed E-state index contributed by atoms with van der Waals surface area (Å²) in [4.78, 5) is 17.1. The molecule has 2 fully saturated rings. The van der Waals surface area contributed by atoms with E-state index in [9.17, 15) is 13.2 Å². The summed E-state index contributed by atoms with van der Waals surface area (Å²) < 4.78 is 32.4. The molecule has 0 aliphatic carbocycles. The molecule has 0 unspecified atom stereocenters. The summed E-state index contributed by atoms with van der Waals surface area (Å²) in [5, 5.41) is 0.694. The molecule has 0 N–H and O–H groups in total. The van der Waals surface area contributed by atoms with Crippen LogP contribution >= 0.6 is 11.6 Å². The zero-order valence-corrected chi connectivity index (χ0v) is 18.1. The van der Waals surface area contributed by atoms with Crippen molar-refractivity contribution in [2.45, 2.75) is 4.90 Å². The first kappa shape index (κ1) is 21.1. The molecule has 2 saturated heterocycles. The number of hydrogen-bond acceptors (Lipinski definition) is 5. The predicted molar refractivity (Wildman–Crippen MR) is 116 cm³/mol. The maximum absolute atomic E-state index is 13.0. The standard InChI is InChI=1S/C21H24ClN3O4S/c22-18-4-6-19(7-5-18)23-8-10-24(11-9-23)21(26)17-2-1-3-20(16-17)30(27,28)25-12-14-29-15-13-25/h1-7,16H,8-15H2. The van der Waals surface area contributed by atoms with Crippen LogP contribution in [0.5, 0.6) is 0 Å². The highest BCUT2D eigenvalue weighted by Gasteiger charge is 2.28. The molecular formula is C21H24ClN3O4S. The van der Waals surface area contributed by atoms with Gasteiger partial charge in [0.1, 0.15) is 0 Å². The van der Waals surface area contributed by atoms with Gasteiger partial charge in [-0.3, -0.25) is 4.79 Å². The Bertz CT molecular complexity index is 999. The lowest BCUT2D eigenvalue weighted by Gasteiger charge is -2.36. The minimum Gasteiger partial charge on any atom is -0.379 e. The van der Waals surface area contributed by atoms with E-state index in [1.807, 2.05) is 24.3 Å². The van der Waals surface area contributed by atoms with Crippen molar-refractivity contribution >= 4 is 33.2 Å². The predicted octanol–water partition coefficient (Wildman–Crippen LogP) is 2.32. The number of ether oxygens (including phenoxy) is 1. The molecule has 0 bridgehead atoms. The van der Waals surface area contributed by atoms with Crippen LogP contribution in [0.25, 0.3) is 0 Å². The van der Waals surface area contributed by atoms with Crippen molar-refractivity contribution in [3.63, 3.8) is 0 Å². The minimum absolute atomic E-state index is 0.148. The van der Waals surface area contributed by atoms with E-state index >= 15 is 0 Å². The summed E-state index contributed by atoms with van der Waals surface area (Å²) in [7, 11) is -3.63. The van der Waals surface area contributed by atoms with Gasteiger partial charge in [-0.05, 0) is 42.5 Å². The van der Waals surface area contributed by atoms with Crippen LogP contribution in [0.1, 0.15) is 10.4 Å². The Kier molecular flexibility index (Phi) is 6.29. The molecule has 30 heavy (non-hydrogen) atoms. The average molecular weight is 450 g/mol. The maximum Gasteiger partial charge on any atom is 0.254 e. The van der Waals surface area contributed by atoms with Crippen LogP contribution < -0.4 is 4.90 Å². The number of carbonyl (C=O) groups is 1. The Balaban J connectivity index is 1.44. The molecule has 2 aliphatic rings. The lowest BCUT2D eigenvalue weighted by Crippen LogP contribution is -2.48. The first-order valence-corrected chi connectivity index (χ1v) is 11.7. The number of carbonyl (C=O) groups excluding carboxylic acids is 1. The fourth-order valence-electron chi connectivity index (χ4n) is 3.73. The van der Waals surface area contributed by atoms with E-state index in [1.54, 1.807) is 23.1 Å². The van der Waals surface area contributed by atoms with Crippen molar-refractivity contribution in [2.75, 3.05) is 57.4 Å². The van der Waals surface area contributed by atoms with Gasteiger partial charge < -0.3 is 14.5 Å². The number of sulfonamides is 1. The van der Waals surface area contributed by atoms with Gasteiger partial charge in [0, 0.05) is 55.5 Å². The summed E-state index contributed by atoms with van der Waals surface area (Å²) in [6, 6.07) is 14.0. The Morgan fingerprint density at radius 3 is 2.23 bits per heavy atom. The molecule has 160 valence electrons. The van der Waals surface area contributed by atoms with Crippen molar-refractivity contribution in [2.24, 2.45) is 0 Å². The van der Waals surface area contributed by atoms with Gasteiger partial charge >= 0.3 is 0 Å². The molecule has 9 heteroatoms. The number of amides is 1. The van der Waals surface area contributed by atoms with Crippen molar-refractivity contribution in [1.29, 1.82) is 0 Å². The second-order valence-electron chi connectivity index (χ2n) is 7.30. The van der Waals surface area contributed by atoms with Crippen LogP contribution in [0.15, 0.2) is 53.4 Å². The van der Waals surface area contributed by atoms with Crippen molar-refractivity contribution in [3.05, 3.63) is 59.1 Å². The lowest BCUT2D eigenvalue weighted by molar-refractivity contribution is 0.0729. The number of morpholine rings is 1. The number of hydrogen-bond donors (Lipinski definition) is 0. The maximum atomic E-state index is 13.0. The van der Waals surface area contributed by atoms with Gasteiger partial charge in [0.25, 0.3) is 5.91 Å². The van der Waals surface area contributed by atoms with Crippen LogP contribution in [-0.4, -0.2) is 76.0 Å². The third kappa shape index (κ3) is 4.46. The third-order valence-electron chi connectivity index (χ3n) is 5.45. The van der Waals surface area contributed by atoms with Gasteiger partial charge in [0.05, 0.1) is 18.1 Å². The van der Waals surface area contributed by atoms with E-state index in [4.69, 9.17) is 16.3 Å². The molecule has 2 aromatic rings. The summed E-state index contributed by atoms with van der Waals surface area (Å²) >= 11 is 5.95. The molecule has 7 nitrogen and oxygen atoms in total. The van der Waals surface area contributed by atoms with Gasteiger partial charge in [0.15, 0.2) is 0 Å². The second-order valence-corrected chi connectivity index (χ2v) is 9.67. The van der Waals surface area contributed by atoms with Crippen LogP contribution in [0.3, 0.4) is 0 Å². The van der Waals surface area contributed by atoms with E-state index in [1.165, 1.54) is 10.4 Å². The molecule has 0 saturated carbocycles. The molecule has 1 amide bonds. The highest BCUT2D eigenvalue weighted by Crippen LogP contribution is 2.22. The fraction of sp³-hybridized carbons (Fsp3) is 0.381. The van der Waals surface area contributed by atoms with E-state index in [0.29, 0.717) is 63.1 Å². The summed E-state index contributed by atoms with van der Waals surface area (Å²) in [5.41, 5.74) is 1.47. The van der Waals surface area contributed by atoms with Crippen LogP contribution in [0.2, 0.25) is 5.02 Å². The van der Waals surface area contributed by atoms with Crippen LogP contribution in [-0.2, 0) is 14.8 Å². The number of anilines is 1. The number of halogens is 1. The number of rotatable bonds is 4. The zero-order valence-electron chi connectivity index (χ0n) is 16.5. The van der Waals surface area contributed by atoms with Gasteiger partial charge in [-0.2, -0.15) is 4.31 Å². The van der Waals surface area contributed by atoms with E-state index in [2.05, 4.69) is 4.90 Å². The molecule has 2 heterocycles. The number of piperazine rings is 1. The molecule has 0 atom stereocenters. The Hall–Kier alpha value is -2.13. The molecule has 4 rings (SSSR count). The summed E-state index contributed by atoms with van der Waals surface area (Å²) in [5.74, 6) is -0.148. The number of benzene rings is 2. The van der Waals surface area contributed by atoms with Crippen LogP contribution in [0, 0.1) is 0 Å². The monoisotopic (exact) mass is 449 g/mol. The molecule has 0 aromatic heterocycles. The quantitative estimate of drug-likeness (QED) is 0.716. The second kappa shape index (κ2) is 8.93. The highest BCUT2D eigenvalue weighted by molar-refractivity contribution is 7.89. The third-order valence-corrected chi connectivity index (χ3v) is 7.59. The van der Waals surface area contributed by atoms with Gasteiger partial charge in [0.2, 0.25) is 10.0 Å². The smallest absolute Gasteiger partial charge is 0.254 e. The first-order chi connectivity index (χ1) is 14.4. The number of nitrogens with zero attached hydrogens (tertiary/aromatic N) is 3. The van der Waals surface area contributed by atoms with Crippen molar-refractivity contribution < 1.29 is 17.9 Å². The van der Waals surface area contributed by atoms with Gasteiger partial charge in [-0.1, -0.05) is 17.7 Å². The Labute approximate surface area is 181 Å². The SMILES string of the molecule is O=C(c1cccc(S(=O)(=O)N2CCOCC2)c1)N1CCN(c2ccc(Cl)cc2)CC1. The fourth-order valence-corrected chi connectivity index (χ4v) is 5.31. The highest BCUT2D eigenvalue weighted by atomic mass is 35.5. The van der Waals surface area contributed by atoms with E-state index in [0.717, 1.165) is 5.69 Å².